The number of aryl methyl sites for hydroxylation is 1. The van der Waals surface area contributed by atoms with Crippen LogP contribution in [-0.4, -0.2) is 44.5 Å². The number of hydrogen-bond acceptors (Lipinski definition) is 3. The number of nitrogens with two attached hydrogens (primary N) is 1. The third kappa shape index (κ3) is 19.0. The Balaban J connectivity index is -0.000000222. The summed E-state index contributed by atoms with van der Waals surface area (Å²) in [4.78, 5) is 5.03. The molecule has 0 saturated heterocycles. The van der Waals surface area contributed by atoms with Gasteiger partial charge in [0.15, 0.2) is 0 Å². The summed E-state index contributed by atoms with van der Waals surface area (Å²) >= 11 is 0. The quantitative estimate of drug-likeness (QED) is 0.385. The minimum Gasteiger partial charge on any atom is -0.369 e. The molecule has 0 fully saturated rings. The summed E-state index contributed by atoms with van der Waals surface area (Å²) in [6, 6.07) is 19.2. The highest BCUT2D eigenvalue weighted by atomic mass is 15.2. The molecule has 4 heteroatoms. The van der Waals surface area contributed by atoms with Crippen LogP contribution >= 0.6 is 0 Å². The molecular weight excluding hydrogens is 473 g/mol. The van der Waals surface area contributed by atoms with Crippen molar-refractivity contribution in [2.45, 2.75) is 141 Å². The van der Waals surface area contributed by atoms with Gasteiger partial charge in [-0.15, -0.1) is 0 Å². The molecule has 3 radical (unpaired) electrons. The van der Waals surface area contributed by atoms with E-state index >= 15 is 0 Å². The average molecular weight is 541 g/mol. The molecule has 0 saturated carbocycles. The first-order chi connectivity index (χ1) is 18.3. The molecule has 2 heterocycles. The van der Waals surface area contributed by atoms with Gasteiger partial charge < -0.3 is 10.6 Å². The van der Waals surface area contributed by atoms with E-state index in [-0.39, 0.29) is 8.41 Å². The number of para-hydroxylation sites is 1. The van der Waals surface area contributed by atoms with Gasteiger partial charge in [-0.1, -0.05) is 112 Å². The first kappa shape index (κ1) is 44.3. The summed E-state index contributed by atoms with van der Waals surface area (Å²) < 4.78 is 0. The van der Waals surface area contributed by atoms with Crippen molar-refractivity contribution in [2.24, 2.45) is 5.73 Å². The summed E-state index contributed by atoms with van der Waals surface area (Å²) in [5, 5.41) is 0. The fraction of sp³-hybridized carbons (Fsp3) is 0.657. The highest BCUT2D eigenvalue weighted by Crippen LogP contribution is 2.28. The van der Waals surface area contributed by atoms with Crippen LogP contribution in [0.15, 0.2) is 48.5 Å². The van der Waals surface area contributed by atoms with Gasteiger partial charge in [0.05, 0.1) is 0 Å². The molecule has 4 rings (SSSR count). The van der Waals surface area contributed by atoms with E-state index in [4.69, 9.17) is 5.73 Å². The second-order valence-electron chi connectivity index (χ2n) is 9.35. The van der Waals surface area contributed by atoms with E-state index in [0.29, 0.717) is 18.1 Å². The number of nitrogens with zero attached hydrogens (tertiary/aromatic N) is 2. The van der Waals surface area contributed by atoms with E-state index < -0.39 is 0 Å². The molecule has 2 aliphatic heterocycles. The van der Waals surface area contributed by atoms with Crippen LogP contribution in [0.2, 0.25) is 0 Å². The maximum Gasteiger partial charge on any atom is 0.0401 e. The van der Waals surface area contributed by atoms with Gasteiger partial charge in [0.2, 0.25) is 0 Å². The van der Waals surface area contributed by atoms with E-state index in [1.165, 1.54) is 49.2 Å². The number of hydrogen-bond donors (Lipinski definition) is 1. The van der Waals surface area contributed by atoms with Crippen molar-refractivity contribution in [1.82, 2.24) is 4.90 Å². The highest BCUT2D eigenvalue weighted by molar-refractivity contribution is 5.75. The van der Waals surface area contributed by atoms with Crippen LogP contribution in [-0.2, 0) is 19.4 Å². The molecule has 2 aromatic carbocycles. The summed E-state index contributed by atoms with van der Waals surface area (Å²) in [6.45, 7) is 32.5. The van der Waals surface area contributed by atoms with E-state index in [0.717, 1.165) is 6.54 Å². The Bertz CT molecular complexity index is 756. The van der Waals surface area contributed by atoms with Gasteiger partial charge in [-0.05, 0) is 75.8 Å². The Morgan fingerprint density at radius 3 is 1.49 bits per heavy atom. The lowest BCUT2D eigenvalue weighted by Crippen LogP contribution is -2.35. The fourth-order valence-electron chi connectivity index (χ4n) is 4.06. The van der Waals surface area contributed by atoms with Crippen LogP contribution < -0.4 is 10.6 Å². The molecule has 0 aliphatic carbocycles. The van der Waals surface area contributed by atoms with Gasteiger partial charge in [-0.2, -0.15) is 0 Å². The Kier molecular flexibility index (Phi) is 33.1. The standard InChI is InChI=1S/2C12H17N.C3H9N.4C2H6.B/c1-10(2)13-9-5-7-11-6-3-4-8-12(11)13;1-10(2)13-8-7-11-5-3-4-6-12(11)9-13;1-3(2)4;4*1-2;/h3-4,6,8,10H,5,7,9H2,1-2H3;3-6,10H,7-9H2,1-2H3;3H,4H2,1-2H3;4*1-2H3;. The maximum atomic E-state index is 5.11. The largest absolute Gasteiger partial charge is 0.369 e. The lowest BCUT2D eigenvalue weighted by molar-refractivity contribution is 0.203. The molecule has 0 amide bonds. The summed E-state index contributed by atoms with van der Waals surface area (Å²) in [6.07, 6.45) is 3.77. The first-order valence-corrected chi connectivity index (χ1v) is 15.7. The molecule has 2 aromatic rings. The van der Waals surface area contributed by atoms with E-state index in [2.05, 4.69) is 86.0 Å². The summed E-state index contributed by atoms with van der Waals surface area (Å²) in [7, 11) is 0. The molecule has 0 spiro atoms. The van der Waals surface area contributed by atoms with Crippen LogP contribution in [0, 0.1) is 0 Å². The molecule has 0 bridgehead atoms. The van der Waals surface area contributed by atoms with Gasteiger partial charge in [0, 0.05) is 45.8 Å². The van der Waals surface area contributed by atoms with Gasteiger partial charge in [0.25, 0.3) is 0 Å². The minimum atomic E-state index is 0. The minimum absolute atomic E-state index is 0. The first-order valence-electron chi connectivity index (χ1n) is 15.7. The van der Waals surface area contributed by atoms with Crippen molar-refractivity contribution in [1.29, 1.82) is 0 Å². The zero-order chi connectivity index (χ0) is 30.1. The topological polar surface area (TPSA) is 32.5 Å². The zero-order valence-electron chi connectivity index (χ0n) is 28.6. The van der Waals surface area contributed by atoms with Crippen LogP contribution in [0.5, 0.6) is 0 Å². The number of fused-ring (bicyclic) bond motifs is 2. The molecule has 2 N–H and O–H groups in total. The van der Waals surface area contributed by atoms with E-state index in [9.17, 15) is 0 Å². The van der Waals surface area contributed by atoms with Crippen molar-refractivity contribution in [3.8, 4) is 0 Å². The molecular formula is C35H67BN3. The van der Waals surface area contributed by atoms with Gasteiger partial charge in [0.1, 0.15) is 0 Å². The number of anilines is 1. The third-order valence-electron chi connectivity index (χ3n) is 5.66. The van der Waals surface area contributed by atoms with Crippen molar-refractivity contribution in [3.63, 3.8) is 0 Å². The van der Waals surface area contributed by atoms with Gasteiger partial charge in [-0.25, -0.2) is 0 Å². The summed E-state index contributed by atoms with van der Waals surface area (Å²) in [5.41, 5.74) is 11.1. The fourth-order valence-corrected chi connectivity index (χ4v) is 4.06. The highest BCUT2D eigenvalue weighted by Gasteiger charge is 2.18. The average Bonchev–Trinajstić information content (AvgIpc) is 2.96. The van der Waals surface area contributed by atoms with Crippen LogP contribution in [0.3, 0.4) is 0 Å². The molecule has 0 atom stereocenters. The molecule has 0 aromatic heterocycles. The number of benzene rings is 2. The Morgan fingerprint density at radius 1 is 0.590 bits per heavy atom. The molecule has 3 nitrogen and oxygen atoms in total. The monoisotopic (exact) mass is 541 g/mol. The van der Waals surface area contributed by atoms with Crippen molar-refractivity contribution < 1.29 is 0 Å². The lowest BCUT2D eigenvalue weighted by Gasteiger charge is -2.34. The molecule has 0 unspecified atom stereocenters. The van der Waals surface area contributed by atoms with Crippen molar-refractivity contribution >= 4 is 14.1 Å². The van der Waals surface area contributed by atoms with Gasteiger partial charge >= 0.3 is 0 Å². The van der Waals surface area contributed by atoms with Gasteiger partial charge in [-0.3, -0.25) is 4.90 Å². The molecule has 2 aliphatic rings. The van der Waals surface area contributed by atoms with Crippen LogP contribution in [0.25, 0.3) is 0 Å². The zero-order valence-corrected chi connectivity index (χ0v) is 28.6. The molecule has 39 heavy (non-hydrogen) atoms. The Hall–Kier alpha value is -1.78. The number of rotatable bonds is 2. The summed E-state index contributed by atoms with van der Waals surface area (Å²) in [5.74, 6) is 0. The van der Waals surface area contributed by atoms with E-state index in [1.807, 2.05) is 69.2 Å². The van der Waals surface area contributed by atoms with Crippen molar-refractivity contribution in [2.75, 3.05) is 18.0 Å². The van der Waals surface area contributed by atoms with E-state index in [1.54, 1.807) is 5.56 Å². The predicted molar refractivity (Wildman–Crippen MR) is 183 cm³/mol. The Morgan fingerprint density at radius 2 is 1.03 bits per heavy atom. The normalized spacial score (nSPS) is 12.7. The van der Waals surface area contributed by atoms with Crippen molar-refractivity contribution in [3.05, 3.63) is 65.2 Å². The maximum absolute atomic E-state index is 5.11. The van der Waals surface area contributed by atoms with Crippen LogP contribution in [0.4, 0.5) is 5.69 Å². The SMILES string of the molecule is CC.CC.CC.CC.CC(C)N.CC(C)N1CCCc2ccccc21.CC(C)N1CCc2ccccc2C1.[B]. The second-order valence-corrected chi connectivity index (χ2v) is 9.35. The second kappa shape index (κ2) is 29.2. The lowest BCUT2D eigenvalue weighted by atomic mass is 9.99. The predicted octanol–water partition coefficient (Wildman–Crippen LogP) is 9.38. The Labute approximate surface area is 248 Å². The molecule has 225 valence electrons. The third-order valence-corrected chi connectivity index (χ3v) is 5.66. The smallest absolute Gasteiger partial charge is 0.0401 e. The van der Waals surface area contributed by atoms with Crippen LogP contribution in [0.1, 0.15) is 120 Å².